The van der Waals surface area contributed by atoms with Crippen molar-refractivity contribution < 1.29 is 19.2 Å². The molecule has 0 bridgehead atoms. The Kier molecular flexibility index (Phi) is 9.77. The monoisotopic (exact) mass is 667 g/mol. The molecule has 222 valence electrons. The van der Waals surface area contributed by atoms with Crippen LogP contribution in [-0.4, -0.2) is 28.9 Å². The lowest BCUT2D eigenvalue weighted by Crippen LogP contribution is -2.31. The largest absolute Gasteiger partial charge is 0.321 e. The third-order valence-electron chi connectivity index (χ3n) is 7.00. The van der Waals surface area contributed by atoms with Gasteiger partial charge in [0.15, 0.2) is 0 Å². The highest BCUT2D eigenvalue weighted by Crippen LogP contribution is 2.35. The van der Waals surface area contributed by atoms with Gasteiger partial charge in [0, 0.05) is 27.0 Å². The van der Waals surface area contributed by atoms with E-state index in [1.807, 2.05) is 36.4 Å². The first-order valence-corrected chi connectivity index (χ1v) is 15.7. The smallest absolute Gasteiger partial charge is 0.272 e. The van der Waals surface area contributed by atoms with Crippen LogP contribution in [0.5, 0.6) is 0 Å². The quantitative estimate of drug-likeness (QED) is 0.143. The Morgan fingerprint density at radius 1 is 0.909 bits per heavy atom. The summed E-state index contributed by atoms with van der Waals surface area (Å²) in [6, 6.07) is 30.6. The molecule has 0 spiro atoms. The van der Waals surface area contributed by atoms with Crippen LogP contribution in [0.4, 0.5) is 11.4 Å². The Bertz CT molecular complexity index is 1720. The van der Waals surface area contributed by atoms with Crippen LogP contribution in [0, 0.1) is 0 Å². The Hall–Kier alpha value is -4.47. The van der Waals surface area contributed by atoms with E-state index in [9.17, 15) is 19.2 Å². The van der Waals surface area contributed by atoms with Gasteiger partial charge >= 0.3 is 0 Å². The molecule has 1 saturated heterocycles. The molecule has 2 N–H and O–H groups in total. The minimum Gasteiger partial charge on any atom is -0.321 e. The van der Waals surface area contributed by atoms with Crippen molar-refractivity contribution in [2.75, 3.05) is 10.2 Å². The first kappa shape index (κ1) is 31.0. The number of anilines is 2. The minimum absolute atomic E-state index is 0.0736. The molecule has 1 fully saturated rings. The van der Waals surface area contributed by atoms with Crippen molar-refractivity contribution in [3.63, 3.8) is 0 Å². The number of nitrogens with zero attached hydrogens (tertiary/aromatic N) is 1. The zero-order chi connectivity index (χ0) is 31.2. The van der Waals surface area contributed by atoms with Gasteiger partial charge in [-0.1, -0.05) is 78.3 Å². The average Bonchev–Trinajstić information content (AvgIpc) is 3.29. The van der Waals surface area contributed by atoms with Crippen LogP contribution in [-0.2, 0) is 14.4 Å². The molecular formula is C35H30BrN3O4S. The number of hydrogen-bond donors (Lipinski definition) is 2. The fraction of sp³-hybridized carbons (Fsp3) is 0.143. The zero-order valence-electron chi connectivity index (χ0n) is 24.1. The molecule has 0 aliphatic carbocycles. The predicted octanol–water partition coefficient (Wildman–Crippen LogP) is 7.41. The summed E-state index contributed by atoms with van der Waals surface area (Å²) in [5.74, 6) is -1.09. The second-order valence-electron chi connectivity index (χ2n) is 10.5. The maximum absolute atomic E-state index is 13.5. The Morgan fingerprint density at radius 2 is 1.61 bits per heavy atom. The molecule has 44 heavy (non-hydrogen) atoms. The summed E-state index contributed by atoms with van der Waals surface area (Å²) in [5, 5.41) is 5.04. The van der Waals surface area contributed by atoms with Gasteiger partial charge in [-0.25, -0.2) is 4.90 Å². The third kappa shape index (κ3) is 7.53. The van der Waals surface area contributed by atoms with Gasteiger partial charge in [-0.05, 0) is 77.7 Å². The van der Waals surface area contributed by atoms with Crippen LogP contribution in [0.2, 0.25) is 0 Å². The SMILES string of the molecule is CC(C)c1ccc(C=C(NC(=O)c2ccccc2)C(=O)Nc2cccc(SC3CC(=O)N(c4ccc(Br)cc4)C3=O)c2)cc1. The van der Waals surface area contributed by atoms with Gasteiger partial charge in [-0.15, -0.1) is 11.8 Å². The van der Waals surface area contributed by atoms with Crippen LogP contribution in [0.3, 0.4) is 0 Å². The molecule has 4 aromatic rings. The van der Waals surface area contributed by atoms with E-state index in [-0.39, 0.29) is 23.9 Å². The van der Waals surface area contributed by atoms with Crippen LogP contribution < -0.4 is 15.5 Å². The number of benzene rings is 4. The maximum Gasteiger partial charge on any atom is 0.272 e. The maximum atomic E-state index is 13.5. The molecule has 0 radical (unpaired) electrons. The van der Waals surface area contributed by atoms with E-state index < -0.39 is 17.1 Å². The molecule has 5 rings (SSSR count). The molecule has 7 nitrogen and oxygen atoms in total. The van der Waals surface area contributed by atoms with Crippen molar-refractivity contribution in [1.29, 1.82) is 0 Å². The van der Waals surface area contributed by atoms with Crippen molar-refractivity contribution in [3.8, 4) is 0 Å². The van der Waals surface area contributed by atoms with Crippen molar-refractivity contribution >= 4 is 68.8 Å². The second kappa shape index (κ2) is 13.9. The lowest BCUT2D eigenvalue weighted by atomic mass is 10.0. The topological polar surface area (TPSA) is 95.6 Å². The lowest BCUT2D eigenvalue weighted by Gasteiger charge is -2.15. The fourth-order valence-corrected chi connectivity index (χ4v) is 6.03. The molecule has 9 heteroatoms. The van der Waals surface area contributed by atoms with E-state index in [4.69, 9.17) is 0 Å². The number of nitrogens with one attached hydrogen (secondary N) is 2. The van der Waals surface area contributed by atoms with E-state index in [1.54, 1.807) is 72.8 Å². The number of amides is 4. The van der Waals surface area contributed by atoms with Gasteiger partial charge in [0.1, 0.15) is 5.70 Å². The zero-order valence-corrected chi connectivity index (χ0v) is 26.5. The molecule has 1 atom stereocenters. The molecule has 4 aromatic carbocycles. The predicted molar refractivity (Wildman–Crippen MR) is 178 cm³/mol. The van der Waals surface area contributed by atoms with E-state index in [1.165, 1.54) is 16.7 Å². The number of carbonyl (C=O) groups is 4. The first-order valence-electron chi connectivity index (χ1n) is 14.1. The molecule has 0 saturated carbocycles. The molecule has 1 unspecified atom stereocenters. The van der Waals surface area contributed by atoms with Crippen LogP contribution >= 0.6 is 27.7 Å². The standard InChI is InChI=1S/C35H30BrN3O4S/c1-22(2)24-13-11-23(12-14-24)19-30(38-33(41)25-7-4-3-5-8-25)34(42)37-27-9-6-10-29(20-27)44-31-21-32(40)39(35(31)43)28-17-15-26(36)16-18-28/h3-20,22,31H,21H2,1-2H3,(H,37,42)(H,38,41). The van der Waals surface area contributed by atoms with Gasteiger partial charge in [0.25, 0.3) is 11.8 Å². The fourth-order valence-electron chi connectivity index (χ4n) is 4.65. The Labute approximate surface area is 268 Å². The van der Waals surface area contributed by atoms with E-state index >= 15 is 0 Å². The summed E-state index contributed by atoms with van der Waals surface area (Å²) < 4.78 is 0.854. The Balaban J connectivity index is 1.33. The summed E-state index contributed by atoms with van der Waals surface area (Å²) >= 11 is 4.64. The molecule has 1 heterocycles. The van der Waals surface area contributed by atoms with Crippen LogP contribution in [0.15, 0.2) is 118 Å². The molecule has 4 amide bonds. The summed E-state index contributed by atoms with van der Waals surface area (Å²) in [4.78, 5) is 54.4. The summed E-state index contributed by atoms with van der Waals surface area (Å²) in [6.45, 7) is 4.21. The van der Waals surface area contributed by atoms with E-state index in [0.717, 1.165) is 20.5 Å². The van der Waals surface area contributed by atoms with Crippen LogP contribution in [0.25, 0.3) is 6.08 Å². The van der Waals surface area contributed by atoms with Crippen molar-refractivity contribution in [2.45, 2.75) is 36.3 Å². The highest BCUT2D eigenvalue weighted by atomic mass is 79.9. The van der Waals surface area contributed by atoms with E-state index in [0.29, 0.717) is 22.9 Å². The summed E-state index contributed by atoms with van der Waals surface area (Å²) in [5.41, 5.74) is 3.44. The minimum atomic E-state index is -0.591. The molecule has 1 aliphatic heterocycles. The van der Waals surface area contributed by atoms with Gasteiger partial charge in [0.2, 0.25) is 11.8 Å². The average molecular weight is 669 g/mol. The number of halogens is 1. The lowest BCUT2D eigenvalue weighted by molar-refractivity contribution is -0.121. The molecule has 0 aromatic heterocycles. The third-order valence-corrected chi connectivity index (χ3v) is 8.71. The number of hydrogen-bond acceptors (Lipinski definition) is 5. The van der Waals surface area contributed by atoms with Crippen molar-refractivity contribution in [3.05, 3.63) is 130 Å². The van der Waals surface area contributed by atoms with Crippen molar-refractivity contribution in [2.24, 2.45) is 0 Å². The molecular weight excluding hydrogens is 638 g/mol. The van der Waals surface area contributed by atoms with Crippen molar-refractivity contribution in [1.82, 2.24) is 5.32 Å². The normalized spacial score (nSPS) is 15.0. The number of rotatable bonds is 9. The summed E-state index contributed by atoms with van der Waals surface area (Å²) in [7, 11) is 0. The molecule has 1 aliphatic rings. The highest BCUT2D eigenvalue weighted by Gasteiger charge is 2.40. The second-order valence-corrected chi connectivity index (χ2v) is 12.7. The summed E-state index contributed by atoms with van der Waals surface area (Å²) in [6.07, 6.45) is 1.71. The number of imide groups is 1. The number of thioether (sulfide) groups is 1. The van der Waals surface area contributed by atoms with E-state index in [2.05, 4.69) is 40.4 Å². The van der Waals surface area contributed by atoms with Gasteiger partial charge in [-0.3, -0.25) is 19.2 Å². The van der Waals surface area contributed by atoms with Gasteiger partial charge in [-0.2, -0.15) is 0 Å². The highest BCUT2D eigenvalue weighted by molar-refractivity contribution is 9.10. The Morgan fingerprint density at radius 3 is 2.30 bits per heavy atom. The number of carbonyl (C=O) groups excluding carboxylic acids is 4. The first-order chi connectivity index (χ1) is 21.2. The van der Waals surface area contributed by atoms with Gasteiger partial charge in [0.05, 0.1) is 10.9 Å². The van der Waals surface area contributed by atoms with Gasteiger partial charge < -0.3 is 10.6 Å². The van der Waals surface area contributed by atoms with Crippen LogP contribution in [0.1, 0.15) is 47.7 Å².